The first-order chi connectivity index (χ1) is 10.2. The topological polar surface area (TPSA) is 76.7 Å². The number of hydrogen-bond acceptors (Lipinski definition) is 4. The van der Waals surface area contributed by atoms with Crippen LogP contribution in [0.4, 0.5) is 5.00 Å². The number of fused-ring (bicyclic) bond motifs is 1. The Kier molecular flexibility index (Phi) is 3.43. The van der Waals surface area contributed by atoms with Gasteiger partial charge < -0.3 is 5.32 Å². The van der Waals surface area contributed by atoms with Crippen LogP contribution in [0.3, 0.4) is 0 Å². The number of amides is 1. The fraction of sp³-hybridized carbons (Fsp3) is 0.188. The molecular weight excluding hydrogens is 282 g/mol. The smallest absolute Gasteiger partial charge is 0.256 e. The van der Waals surface area contributed by atoms with Crippen LogP contribution >= 0.6 is 11.3 Å². The molecule has 1 heterocycles. The van der Waals surface area contributed by atoms with Crippen molar-refractivity contribution in [3.63, 3.8) is 0 Å². The standard InChI is InChI=1S/C16H11N3OS/c17-8-10-4-6-11(7-5-10)15(20)19-16-13(9-18)12-2-1-3-14(12)21-16/h4-7H,1-3H2,(H,19,20). The van der Waals surface area contributed by atoms with Gasteiger partial charge in [0.25, 0.3) is 5.91 Å². The number of benzene rings is 1. The van der Waals surface area contributed by atoms with Crippen LogP contribution in [-0.2, 0) is 12.8 Å². The van der Waals surface area contributed by atoms with Gasteiger partial charge in [-0.25, -0.2) is 0 Å². The van der Waals surface area contributed by atoms with E-state index in [1.54, 1.807) is 24.3 Å². The highest BCUT2D eigenvalue weighted by Crippen LogP contribution is 2.38. The molecule has 21 heavy (non-hydrogen) atoms. The van der Waals surface area contributed by atoms with Crippen LogP contribution in [0.5, 0.6) is 0 Å². The Balaban J connectivity index is 1.85. The number of nitrogens with one attached hydrogen (secondary N) is 1. The van der Waals surface area contributed by atoms with Crippen molar-refractivity contribution in [3.8, 4) is 12.1 Å². The van der Waals surface area contributed by atoms with Crippen molar-refractivity contribution in [2.45, 2.75) is 19.3 Å². The molecule has 0 saturated carbocycles. The summed E-state index contributed by atoms with van der Waals surface area (Å²) in [6.07, 6.45) is 2.99. The molecule has 1 N–H and O–H groups in total. The molecule has 5 heteroatoms. The van der Waals surface area contributed by atoms with Gasteiger partial charge in [0.15, 0.2) is 0 Å². The van der Waals surface area contributed by atoms with Gasteiger partial charge >= 0.3 is 0 Å². The van der Waals surface area contributed by atoms with Crippen LogP contribution in [0.25, 0.3) is 0 Å². The maximum absolute atomic E-state index is 12.2. The second kappa shape index (κ2) is 5.40. The average Bonchev–Trinajstić information content (AvgIpc) is 3.07. The summed E-state index contributed by atoms with van der Waals surface area (Å²) in [5, 5.41) is 21.5. The Hall–Kier alpha value is -2.63. The van der Waals surface area contributed by atoms with E-state index in [0.717, 1.165) is 24.8 Å². The van der Waals surface area contributed by atoms with Crippen molar-refractivity contribution in [1.82, 2.24) is 0 Å². The van der Waals surface area contributed by atoms with Crippen LogP contribution in [0.1, 0.15) is 38.3 Å². The third-order valence-electron chi connectivity index (χ3n) is 3.54. The number of carbonyl (C=O) groups excluding carboxylic acids is 1. The summed E-state index contributed by atoms with van der Waals surface area (Å²) in [5.41, 5.74) is 2.69. The van der Waals surface area contributed by atoms with Crippen LogP contribution in [0, 0.1) is 22.7 Å². The van der Waals surface area contributed by atoms with E-state index >= 15 is 0 Å². The lowest BCUT2D eigenvalue weighted by Crippen LogP contribution is -2.11. The van der Waals surface area contributed by atoms with E-state index in [-0.39, 0.29) is 5.91 Å². The van der Waals surface area contributed by atoms with Crippen molar-refractivity contribution in [2.24, 2.45) is 0 Å². The van der Waals surface area contributed by atoms with Crippen molar-refractivity contribution in [1.29, 1.82) is 10.5 Å². The lowest BCUT2D eigenvalue weighted by Gasteiger charge is -2.04. The van der Waals surface area contributed by atoms with Crippen LogP contribution in [0.15, 0.2) is 24.3 Å². The number of aryl methyl sites for hydroxylation is 1. The number of hydrogen-bond donors (Lipinski definition) is 1. The lowest BCUT2D eigenvalue weighted by atomic mass is 10.1. The number of anilines is 1. The molecule has 0 bridgehead atoms. The Morgan fingerprint density at radius 3 is 2.57 bits per heavy atom. The van der Waals surface area contributed by atoms with Gasteiger partial charge in [-0.05, 0) is 49.1 Å². The largest absolute Gasteiger partial charge is 0.312 e. The Labute approximate surface area is 126 Å². The highest BCUT2D eigenvalue weighted by atomic mass is 32.1. The van der Waals surface area contributed by atoms with Crippen LogP contribution in [-0.4, -0.2) is 5.91 Å². The predicted octanol–water partition coefficient (Wildman–Crippen LogP) is 3.23. The normalized spacial score (nSPS) is 12.3. The number of thiophene rings is 1. The molecule has 1 amide bonds. The highest BCUT2D eigenvalue weighted by molar-refractivity contribution is 7.16. The summed E-state index contributed by atoms with van der Waals surface area (Å²) in [6, 6.07) is 10.7. The quantitative estimate of drug-likeness (QED) is 0.923. The summed E-state index contributed by atoms with van der Waals surface area (Å²) < 4.78 is 0. The average molecular weight is 293 g/mol. The van der Waals surface area contributed by atoms with Crippen molar-refractivity contribution in [3.05, 3.63) is 51.4 Å². The molecule has 0 radical (unpaired) electrons. The molecule has 1 aromatic carbocycles. The predicted molar refractivity (Wildman–Crippen MR) is 80.2 cm³/mol. The Morgan fingerprint density at radius 2 is 1.90 bits per heavy atom. The molecule has 0 spiro atoms. The Bertz CT molecular complexity index is 791. The van der Waals surface area contributed by atoms with Gasteiger partial charge in [-0.15, -0.1) is 11.3 Å². The maximum atomic E-state index is 12.2. The zero-order valence-corrected chi connectivity index (χ0v) is 12.0. The summed E-state index contributed by atoms with van der Waals surface area (Å²) >= 11 is 1.50. The number of nitrogens with zero attached hydrogens (tertiary/aromatic N) is 2. The first kappa shape index (κ1) is 13.4. The zero-order valence-electron chi connectivity index (χ0n) is 11.1. The minimum Gasteiger partial charge on any atom is -0.312 e. The highest BCUT2D eigenvalue weighted by Gasteiger charge is 2.23. The monoisotopic (exact) mass is 293 g/mol. The van der Waals surface area contributed by atoms with E-state index < -0.39 is 0 Å². The summed E-state index contributed by atoms with van der Waals surface area (Å²) in [4.78, 5) is 13.4. The molecule has 102 valence electrons. The maximum Gasteiger partial charge on any atom is 0.256 e. The van der Waals surface area contributed by atoms with Crippen LogP contribution < -0.4 is 5.32 Å². The van der Waals surface area contributed by atoms with Gasteiger partial charge in [-0.1, -0.05) is 0 Å². The van der Waals surface area contributed by atoms with E-state index in [9.17, 15) is 10.1 Å². The number of carbonyl (C=O) groups is 1. The van der Waals surface area contributed by atoms with Gasteiger partial charge in [0.2, 0.25) is 0 Å². The molecule has 3 rings (SSSR count). The molecule has 0 fully saturated rings. The Morgan fingerprint density at radius 1 is 1.14 bits per heavy atom. The SMILES string of the molecule is N#Cc1ccc(C(=O)Nc2sc3c(c2C#N)CCC3)cc1. The van der Waals surface area contributed by atoms with Gasteiger partial charge in [0, 0.05) is 10.4 Å². The van der Waals surface area contributed by atoms with E-state index in [4.69, 9.17) is 5.26 Å². The van der Waals surface area contributed by atoms with Gasteiger partial charge in [-0.2, -0.15) is 10.5 Å². The van der Waals surface area contributed by atoms with E-state index in [2.05, 4.69) is 11.4 Å². The summed E-state index contributed by atoms with van der Waals surface area (Å²) in [6.45, 7) is 0. The fourth-order valence-electron chi connectivity index (χ4n) is 2.48. The molecule has 0 saturated heterocycles. The third-order valence-corrected chi connectivity index (χ3v) is 4.74. The fourth-order valence-corrected chi connectivity index (χ4v) is 3.72. The first-order valence-electron chi connectivity index (χ1n) is 6.59. The molecule has 0 unspecified atom stereocenters. The van der Waals surface area contributed by atoms with E-state index in [1.165, 1.54) is 16.2 Å². The number of rotatable bonds is 2. The second-order valence-electron chi connectivity index (χ2n) is 4.82. The van der Waals surface area contributed by atoms with E-state index in [0.29, 0.717) is 21.7 Å². The van der Waals surface area contributed by atoms with Gasteiger partial charge in [0.1, 0.15) is 11.1 Å². The molecule has 1 aromatic heterocycles. The van der Waals surface area contributed by atoms with Crippen molar-refractivity contribution in [2.75, 3.05) is 5.32 Å². The minimum absolute atomic E-state index is 0.254. The minimum atomic E-state index is -0.254. The second-order valence-corrected chi connectivity index (χ2v) is 5.92. The lowest BCUT2D eigenvalue weighted by molar-refractivity contribution is 0.102. The molecule has 0 atom stereocenters. The van der Waals surface area contributed by atoms with Gasteiger partial charge in [-0.3, -0.25) is 4.79 Å². The molecule has 1 aliphatic rings. The van der Waals surface area contributed by atoms with Crippen molar-refractivity contribution >= 4 is 22.2 Å². The molecule has 1 aliphatic carbocycles. The van der Waals surface area contributed by atoms with Crippen LogP contribution in [0.2, 0.25) is 0 Å². The first-order valence-corrected chi connectivity index (χ1v) is 7.40. The van der Waals surface area contributed by atoms with Gasteiger partial charge in [0.05, 0.1) is 17.2 Å². The molecule has 0 aliphatic heterocycles. The molecule has 2 aromatic rings. The van der Waals surface area contributed by atoms with Crippen molar-refractivity contribution < 1.29 is 4.79 Å². The third kappa shape index (κ3) is 2.40. The van der Waals surface area contributed by atoms with E-state index in [1.807, 2.05) is 6.07 Å². The summed E-state index contributed by atoms with van der Waals surface area (Å²) in [7, 11) is 0. The number of nitriles is 2. The molecular formula is C16H11N3OS. The molecule has 4 nitrogen and oxygen atoms in total. The zero-order chi connectivity index (χ0) is 14.8. The summed E-state index contributed by atoms with van der Waals surface area (Å²) in [5.74, 6) is -0.254.